The second-order valence-electron chi connectivity index (χ2n) is 5.79. The van der Waals surface area contributed by atoms with Gasteiger partial charge in [0.15, 0.2) is 0 Å². The molecule has 2 N–H and O–H groups in total. The van der Waals surface area contributed by atoms with Crippen molar-refractivity contribution in [1.29, 1.82) is 0 Å². The number of morpholine rings is 1. The van der Waals surface area contributed by atoms with Crippen molar-refractivity contribution in [3.63, 3.8) is 0 Å². The first-order valence-electron chi connectivity index (χ1n) is 7.54. The molecule has 1 unspecified atom stereocenters. The fraction of sp³-hybridized carbons (Fsp3) is 0.929. The maximum Gasteiger partial charge on any atom is 0.223 e. The van der Waals surface area contributed by atoms with Crippen LogP contribution in [0.4, 0.5) is 0 Å². The lowest BCUT2D eigenvalue weighted by molar-refractivity contribution is -0.125. The largest absolute Gasteiger partial charge is 0.379 e. The van der Waals surface area contributed by atoms with Gasteiger partial charge in [-0.1, -0.05) is 6.92 Å². The highest BCUT2D eigenvalue weighted by Gasteiger charge is 2.21. The van der Waals surface area contributed by atoms with Gasteiger partial charge in [0, 0.05) is 32.1 Å². The third-order valence-corrected chi connectivity index (χ3v) is 4.01. The summed E-state index contributed by atoms with van der Waals surface area (Å²) in [5.74, 6) is 0.968. The molecule has 1 atom stereocenters. The van der Waals surface area contributed by atoms with Crippen molar-refractivity contribution in [2.24, 2.45) is 11.8 Å². The summed E-state index contributed by atoms with van der Waals surface area (Å²) in [4.78, 5) is 14.4. The van der Waals surface area contributed by atoms with E-state index in [1.807, 2.05) is 0 Å². The highest BCUT2D eigenvalue weighted by atomic mass is 16.5. The first kappa shape index (κ1) is 14.8. The average Bonchev–Trinajstić information content (AvgIpc) is 2.47. The van der Waals surface area contributed by atoms with Crippen LogP contribution in [0.25, 0.3) is 0 Å². The lowest BCUT2D eigenvalue weighted by Gasteiger charge is -2.29. The molecular weight excluding hydrogens is 242 g/mol. The van der Waals surface area contributed by atoms with E-state index in [9.17, 15) is 4.79 Å². The normalized spacial score (nSPS) is 24.1. The van der Waals surface area contributed by atoms with E-state index < -0.39 is 0 Å². The van der Waals surface area contributed by atoms with Gasteiger partial charge in [-0.3, -0.25) is 9.69 Å². The Balaban J connectivity index is 1.61. The van der Waals surface area contributed by atoms with Gasteiger partial charge in [-0.25, -0.2) is 0 Å². The SMILES string of the molecule is CC(CNC(=O)C1CCNCC1)CN1CCOCC1. The molecule has 110 valence electrons. The number of piperidine rings is 1. The Morgan fingerprint density at radius 3 is 2.74 bits per heavy atom. The van der Waals surface area contributed by atoms with Gasteiger partial charge in [0.25, 0.3) is 0 Å². The molecule has 0 aromatic heterocycles. The lowest BCUT2D eigenvalue weighted by Crippen LogP contribution is -2.43. The zero-order valence-electron chi connectivity index (χ0n) is 12.0. The summed E-state index contributed by atoms with van der Waals surface area (Å²) in [6.07, 6.45) is 1.95. The number of hydrogen-bond acceptors (Lipinski definition) is 4. The van der Waals surface area contributed by atoms with Crippen LogP contribution < -0.4 is 10.6 Å². The quantitative estimate of drug-likeness (QED) is 0.742. The molecule has 0 saturated carbocycles. The molecule has 0 bridgehead atoms. The highest BCUT2D eigenvalue weighted by Crippen LogP contribution is 2.11. The molecule has 0 spiro atoms. The number of carbonyl (C=O) groups excluding carboxylic acids is 1. The highest BCUT2D eigenvalue weighted by molar-refractivity contribution is 5.78. The monoisotopic (exact) mass is 269 g/mol. The van der Waals surface area contributed by atoms with Crippen molar-refractivity contribution in [3.8, 4) is 0 Å². The van der Waals surface area contributed by atoms with E-state index in [1.54, 1.807) is 0 Å². The van der Waals surface area contributed by atoms with E-state index in [-0.39, 0.29) is 11.8 Å². The summed E-state index contributed by atoms with van der Waals surface area (Å²) < 4.78 is 5.34. The lowest BCUT2D eigenvalue weighted by atomic mass is 9.97. The van der Waals surface area contributed by atoms with Crippen molar-refractivity contribution in [1.82, 2.24) is 15.5 Å². The number of rotatable bonds is 5. The average molecular weight is 269 g/mol. The zero-order chi connectivity index (χ0) is 13.5. The van der Waals surface area contributed by atoms with Gasteiger partial charge in [0.2, 0.25) is 5.91 Å². The molecule has 2 fully saturated rings. The Morgan fingerprint density at radius 2 is 2.05 bits per heavy atom. The number of carbonyl (C=O) groups is 1. The Morgan fingerprint density at radius 1 is 1.37 bits per heavy atom. The summed E-state index contributed by atoms with van der Waals surface area (Å²) in [6.45, 7) is 9.72. The third-order valence-electron chi connectivity index (χ3n) is 4.01. The molecule has 5 nitrogen and oxygen atoms in total. The van der Waals surface area contributed by atoms with Crippen LogP contribution in [0.15, 0.2) is 0 Å². The van der Waals surface area contributed by atoms with Gasteiger partial charge in [-0.2, -0.15) is 0 Å². The van der Waals surface area contributed by atoms with Gasteiger partial charge < -0.3 is 15.4 Å². The van der Waals surface area contributed by atoms with Gasteiger partial charge in [-0.15, -0.1) is 0 Å². The smallest absolute Gasteiger partial charge is 0.223 e. The van der Waals surface area contributed by atoms with Crippen LogP contribution in [0.1, 0.15) is 19.8 Å². The first-order valence-corrected chi connectivity index (χ1v) is 7.54. The van der Waals surface area contributed by atoms with E-state index >= 15 is 0 Å². The molecule has 5 heteroatoms. The fourth-order valence-electron chi connectivity index (χ4n) is 2.79. The van der Waals surface area contributed by atoms with Crippen molar-refractivity contribution >= 4 is 5.91 Å². The molecule has 2 heterocycles. The molecular formula is C14H27N3O2. The predicted octanol–water partition coefficient (Wildman–Crippen LogP) is 0.0705. The Labute approximate surface area is 116 Å². The Kier molecular flexibility index (Phi) is 6.07. The van der Waals surface area contributed by atoms with Crippen LogP contribution >= 0.6 is 0 Å². The molecule has 2 aliphatic heterocycles. The maximum absolute atomic E-state index is 12.0. The van der Waals surface area contributed by atoms with Gasteiger partial charge >= 0.3 is 0 Å². The van der Waals surface area contributed by atoms with Crippen molar-refractivity contribution in [2.75, 3.05) is 52.5 Å². The molecule has 2 rings (SSSR count). The molecule has 0 radical (unpaired) electrons. The zero-order valence-corrected chi connectivity index (χ0v) is 12.0. The van der Waals surface area contributed by atoms with E-state index in [0.29, 0.717) is 5.92 Å². The number of hydrogen-bond donors (Lipinski definition) is 2. The summed E-state index contributed by atoms with van der Waals surface area (Å²) in [5.41, 5.74) is 0. The minimum absolute atomic E-state index is 0.219. The van der Waals surface area contributed by atoms with Crippen molar-refractivity contribution in [3.05, 3.63) is 0 Å². The van der Waals surface area contributed by atoms with Crippen LogP contribution in [0.2, 0.25) is 0 Å². The van der Waals surface area contributed by atoms with Crippen molar-refractivity contribution in [2.45, 2.75) is 19.8 Å². The molecule has 0 aliphatic carbocycles. The Bertz CT molecular complexity index is 274. The number of nitrogens with zero attached hydrogens (tertiary/aromatic N) is 1. The number of amides is 1. The molecule has 1 amide bonds. The van der Waals surface area contributed by atoms with E-state index in [1.165, 1.54) is 0 Å². The summed E-state index contributed by atoms with van der Waals surface area (Å²) in [6, 6.07) is 0. The molecule has 2 saturated heterocycles. The van der Waals surface area contributed by atoms with E-state index in [4.69, 9.17) is 4.74 Å². The van der Waals surface area contributed by atoms with E-state index in [2.05, 4.69) is 22.5 Å². The Hall–Kier alpha value is -0.650. The summed E-state index contributed by atoms with van der Waals surface area (Å²) in [7, 11) is 0. The molecule has 0 aromatic carbocycles. The summed E-state index contributed by atoms with van der Waals surface area (Å²) >= 11 is 0. The molecule has 0 aromatic rings. The predicted molar refractivity (Wildman–Crippen MR) is 75.0 cm³/mol. The molecule has 2 aliphatic rings. The first-order chi connectivity index (χ1) is 9.25. The second kappa shape index (κ2) is 7.82. The van der Waals surface area contributed by atoms with Crippen LogP contribution in [-0.2, 0) is 9.53 Å². The van der Waals surface area contributed by atoms with Crippen LogP contribution in [0.5, 0.6) is 0 Å². The van der Waals surface area contributed by atoms with Crippen LogP contribution in [-0.4, -0.2) is 63.3 Å². The topological polar surface area (TPSA) is 53.6 Å². The van der Waals surface area contributed by atoms with Crippen LogP contribution in [0.3, 0.4) is 0 Å². The van der Waals surface area contributed by atoms with Crippen molar-refractivity contribution < 1.29 is 9.53 Å². The minimum atomic E-state index is 0.219. The molecule has 19 heavy (non-hydrogen) atoms. The fourth-order valence-corrected chi connectivity index (χ4v) is 2.79. The summed E-state index contributed by atoms with van der Waals surface area (Å²) in [5, 5.41) is 6.41. The maximum atomic E-state index is 12.0. The minimum Gasteiger partial charge on any atom is -0.379 e. The number of nitrogens with one attached hydrogen (secondary N) is 2. The number of ether oxygens (including phenoxy) is 1. The van der Waals surface area contributed by atoms with Gasteiger partial charge in [0.1, 0.15) is 0 Å². The van der Waals surface area contributed by atoms with Crippen LogP contribution in [0, 0.1) is 11.8 Å². The van der Waals surface area contributed by atoms with Gasteiger partial charge in [0.05, 0.1) is 13.2 Å². The second-order valence-corrected chi connectivity index (χ2v) is 5.79. The third kappa shape index (κ3) is 5.09. The van der Waals surface area contributed by atoms with Gasteiger partial charge in [-0.05, 0) is 31.8 Å². The standard InChI is InChI=1S/C14H27N3O2/c1-12(11-17-6-8-19-9-7-17)10-16-14(18)13-2-4-15-5-3-13/h12-13,15H,2-11H2,1H3,(H,16,18). The van der Waals surface area contributed by atoms with E-state index in [0.717, 1.165) is 65.3 Å².